The summed E-state index contributed by atoms with van der Waals surface area (Å²) in [5.41, 5.74) is 8.20. The Kier molecular flexibility index (Phi) is 6.38. The van der Waals surface area contributed by atoms with Gasteiger partial charge in [-0.05, 0) is 62.1 Å². The van der Waals surface area contributed by atoms with Crippen LogP contribution in [0.1, 0.15) is 27.8 Å². The Morgan fingerprint density at radius 1 is 1.04 bits per heavy atom. The average Bonchev–Trinajstić information content (AvgIpc) is 2.60. The van der Waals surface area contributed by atoms with Gasteiger partial charge in [0.05, 0.1) is 18.2 Å². The standard InChI is InChI=1S/C20H25N3O3S/c1-14-6-10-19(11-7-14)23(27(5,25)26)13-20(24)22-21-12-18-9-8-15(2)16(3)17(18)4/h6-12H,13H2,1-5H3,(H,22,24)/b21-12-. The van der Waals surface area contributed by atoms with E-state index in [9.17, 15) is 13.2 Å². The molecule has 2 rings (SSSR count). The van der Waals surface area contributed by atoms with E-state index in [0.717, 1.165) is 27.3 Å². The second-order valence-corrected chi connectivity index (χ2v) is 8.53. The smallest absolute Gasteiger partial charge is 0.260 e. The molecule has 2 aromatic rings. The Hall–Kier alpha value is -2.67. The predicted octanol–water partition coefficient (Wildman–Crippen LogP) is 2.84. The molecule has 0 heterocycles. The van der Waals surface area contributed by atoms with Crippen LogP contribution in [0.15, 0.2) is 41.5 Å². The fraction of sp³-hybridized carbons (Fsp3) is 0.300. The Balaban J connectivity index is 2.10. The molecule has 0 fully saturated rings. The number of nitrogens with one attached hydrogen (secondary N) is 1. The van der Waals surface area contributed by atoms with E-state index in [1.807, 2.05) is 39.8 Å². The van der Waals surface area contributed by atoms with Gasteiger partial charge in [0, 0.05) is 0 Å². The van der Waals surface area contributed by atoms with Crippen molar-refractivity contribution < 1.29 is 13.2 Å². The van der Waals surface area contributed by atoms with Gasteiger partial charge in [0.2, 0.25) is 10.0 Å². The summed E-state index contributed by atoms with van der Waals surface area (Å²) >= 11 is 0. The van der Waals surface area contributed by atoms with Crippen LogP contribution in [-0.4, -0.2) is 33.3 Å². The minimum atomic E-state index is -3.60. The van der Waals surface area contributed by atoms with Crippen LogP contribution in [0.3, 0.4) is 0 Å². The minimum Gasteiger partial charge on any atom is -0.271 e. The number of anilines is 1. The number of amides is 1. The van der Waals surface area contributed by atoms with Crippen molar-refractivity contribution in [2.24, 2.45) is 5.10 Å². The van der Waals surface area contributed by atoms with Gasteiger partial charge in [0.15, 0.2) is 0 Å². The summed E-state index contributed by atoms with van der Waals surface area (Å²) in [5, 5.41) is 3.97. The van der Waals surface area contributed by atoms with Gasteiger partial charge in [-0.15, -0.1) is 0 Å². The lowest BCUT2D eigenvalue weighted by Crippen LogP contribution is -2.39. The summed E-state index contributed by atoms with van der Waals surface area (Å²) in [6, 6.07) is 10.9. The van der Waals surface area contributed by atoms with Crippen molar-refractivity contribution in [1.29, 1.82) is 0 Å². The molecule has 1 amide bonds. The summed E-state index contributed by atoms with van der Waals surface area (Å²) in [6.45, 7) is 7.63. The van der Waals surface area contributed by atoms with Crippen molar-refractivity contribution in [3.05, 3.63) is 64.2 Å². The molecule has 7 heteroatoms. The molecule has 0 atom stereocenters. The third kappa shape index (κ3) is 5.40. The summed E-state index contributed by atoms with van der Waals surface area (Å²) in [7, 11) is -3.60. The molecule has 0 radical (unpaired) electrons. The highest BCUT2D eigenvalue weighted by atomic mass is 32.2. The lowest BCUT2D eigenvalue weighted by atomic mass is 10.00. The normalized spacial score (nSPS) is 11.6. The maximum absolute atomic E-state index is 12.2. The first-order valence-electron chi connectivity index (χ1n) is 8.52. The summed E-state index contributed by atoms with van der Waals surface area (Å²) in [6.07, 6.45) is 2.64. The third-order valence-corrected chi connectivity index (χ3v) is 5.64. The fourth-order valence-electron chi connectivity index (χ4n) is 2.57. The van der Waals surface area contributed by atoms with Crippen molar-refractivity contribution in [2.75, 3.05) is 17.1 Å². The molecule has 0 bridgehead atoms. The van der Waals surface area contributed by atoms with Gasteiger partial charge >= 0.3 is 0 Å². The predicted molar refractivity (Wildman–Crippen MR) is 110 cm³/mol. The summed E-state index contributed by atoms with van der Waals surface area (Å²) in [4.78, 5) is 12.2. The van der Waals surface area contributed by atoms with Crippen LogP contribution in [0.25, 0.3) is 0 Å². The molecule has 6 nitrogen and oxygen atoms in total. The summed E-state index contributed by atoms with van der Waals surface area (Å²) in [5.74, 6) is -0.515. The van der Waals surface area contributed by atoms with Crippen molar-refractivity contribution in [1.82, 2.24) is 5.43 Å². The molecule has 1 N–H and O–H groups in total. The van der Waals surface area contributed by atoms with Gasteiger partial charge in [-0.25, -0.2) is 13.8 Å². The van der Waals surface area contributed by atoms with Crippen molar-refractivity contribution in [3.63, 3.8) is 0 Å². The molecule has 27 heavy (non-hydrogen) atoms. The lowest BCUT2D eigenvalue weighted by molar-refractivity contribution is -0.119. The first-order valence-corrected chi connectivity index (χ1v) is 10.4. The number of hydrogen-bond donors (Lipinski definition) is 1. The van der Waals surface area contributed by atoms with Crippen LogP contribution in [0.2, 0.25) is 0 Å². The number of sulfonamides is 1. The molecule has 0 saturated carbocycles. The Bertz CT molecular complexity index is 965. The SMILES string of the molecule is Cc1ccc(N(CC(=O)N/N=C\c2ccc(C)c(C)c2C)S(C)(=O)=O)cc1. The molecule has 0 aliphatic carbocycles. The van der Waals surface area contributed by atoms with Gasteiger partial charge in [-0.1, -0.05) is 29.8 Å². The maximum atomic E-state index is 12.2. The second-order valence-electron chi connectivity index (χ2n) is 6.62. The quantitative estimate of drug-likeness (QED) is 0.611. The van der Waals surface area contributed by atoms with Gasteiger partial charge in [-0.3, -0.25) is 9.10 Å². The largest absolute Gasteiger partial charge is 0.271 e. The molecule has 0 spiro atoms. The molecule has 0 unspecified atom stereocenters. The van der Waals surface area contributed by atoms with E-state index >= 15 is 0 Å². The van der Waals surface area contributed by atoms with E-state index in [1.54, 1.807) is 30.5 Å². The van der Waals surface area contributed by atoms with Crippen molar-refractivity contribution >= 4 is 27.8 Å². The van der Waals surface area contributed by atoms with Gasteiger partial charge in [0.25, 0.3) is 5.91 Å². The zero-order valence-corrected chi connectivity index (χ0v) is 17.1. The maximum Gasteiger partial charge on any atom is 0.260 e. The summed E-state index contributed by atoms with van der Waals surface area (Å²) < 4.78 is 25.2. The van der Waals surface area contributed by atoms with Crippen LogP contribution in [0.4, 0.5) is 5.69 Å². The number of aryl methyl sites for hydroxylation is 2. The highest BCUT2D eigenvalue weighted by molar-refractivity contribution is 7.92. The Morgan fingerprint density at radius 3 is 2.26 bits per heavy atom. The first-order chi connectivity index (χ1) is 12.6. The number of benzene rings is 2. The zero-order valence-electron chi connectivity index (χ0n) is 16.3. The monoisotopic (exact) mass is 387 g/mol. The number of nitrogens with zero attached hydrogens (tertiary/aromatic N) is 2. The van der Waals surface area contributed by atoms with Crippen LogP contribution in [-0.2, 0) is 14.8 Å². The highest BCUT2D eigenvalue weighted by Gasteiger charge is 2.20. The number of hydrogen-bond acceptors (Lipinski definition) is 4. The topological polar surface area (TPSA) is 78.8 Å². The lowest BCUT2D eigenvalue weighted by Gasteiger charge is -2.21. The van der Waals surface area contributed by atoms with E-state index in [0.29, 0.717) is 5.69 Å². The molecular weight excluding hydrogens is 362 g/mol. The molecule has 144 valence electrons. The van der Waals surface area contributed by atoms with E-state index < -0.39 is 15.9 Å². The Labute approximate surface area is 161 Å². The molecule has 0 aromatic heterocycles. The fourth-order valence-corrected chi connectivity index (χ4v) is 3.42. The van der Waals surface area contributed by atoms with Gasteiger partial charge in [0.1, 0.15) is 6.54 Å². The van der Waals surface area contributed by atoms with Gasteiger partial charge in [-0.2, -0.15) is 5.10 Å². The number of rotatable bonds is 6. The molecule has 0 aliphatic rings. The van der Waals surface area contributed by atoms with Gasteiger partial charge < -0.3 is 0 Å². The number of carbonyl (C=O) groups excluding carboxylic acids is 1. The van der Waals surface area contributed by atoms with E-state index in [-0.39, 0.29) is 6.54 Å². The van der Waals surface area contributed by atoms with E-state index in [2.05, 4.69) is 10.5 Å². The van der Waals surface area contributed by atoms with Crippen LogP contribution in [0, 0.1) is 27.7 Å². The average molecular weight is 388 g/mol. The minimum absolute atomic E-state index is 0.342. The van der Waals surface area contributed by atoms with E-state index in [4.69, 9.17) is 0 Å². The number of carbonyl (C=O) groups is 1. The van der Waals surface area contributed by atoms with Crippen LogP contribution in [0.5, 0.6) is 0 Å². The highest BCUT2D eigenvalue weighted by Crippen LogP contribution is 2.18. The molecule has 2 aromatic carbocycles. The Morgan fingerprint density at radius 2 is 1.67 bits per heavy atom. The van der Waals surface area contributed by atoms with Crippen LogP contribution < -0.4 is 9.73 Å². The van der Waals surface area contributed by atoms with Crippen molar-refractivity contribution in [3.8, 4) is 0 Å². The number of hydrazone groups is 1. The zero-order chi connectivity index (χ0) is 20.2. The third-order valence-electron chi connectivity index (χ3n) is 4.50. The van der Waals surface area contributed by atoms with E-state index in [1.165, 1.54) is 11.1 Å². The van der Waals surface area contributed by atoms with Crippen molar-refractivity contribution in [2.45, 2.75) is 27.7 Å². The molecule has 0 aliphatic heterocycles. The second kappa shape index (κ2) is 8.35. The molecule has 0 saturated heterocycles. The van der Waals surface area contributed by atoms with Crippen LogP contribution >= 0.6 is 0 Å². The first kappa shape index (κ1) is 20.6. The molecular formula is C20H25N3O3S.